The average molecular weight is 293 g/mol. The van der Waals surface area contributed by atoms with Gasteiger partial charge in [-0.15, -0.1) is 0 Å². The van der Waals surface area contributed by atoms with Crippen LogP contribution in [0.4, 0.5) is 0 Å². The molecule has 1 saturated heterocycles. The number of likely N-dealkylation sites (tertiary alicyclic amines) is 1. The van der Waals surface area contributed by atoms with Gasteiger partial charge in [0, 0.05) is 6.04 Å². The Hall–Kier alpha value is -0.0800. The van der Waals surface area contributed by atoms with Crippen LogP contribution in [-0.4, -0.2) is 37.1 Å². The molecule has 2 unspecified atom stereocenters. The highest BCUT2D eigenvalue weighted by Crippen LogP contribution is 2.38. The molecule has 1 N–H and O–H groups in total. The van der Waals surface area contributed by atoms with Crippen molar-refractivity contribution in [3.8, 4) is 0 Å². The summed E-state index contributed by atoms with van der Waals surface area (Å²) in [6.45, 7) is 5.29. The molecule has 3 aliphatic rings. The second-order valence-electron chi connectivity index (χ2n) is 7.81. The van der Waals surface area contributed by atoms with Crippen LogP contribution >= 0.6 is 0 Å². The number of hydrogen-bond donors (Lipinski definition) is 1. The molecule has 0 aromatic rings. The van der Waals surface area contributed by atoms with Crippen LogP contribution < -0.4 is 5.32 Å². The van der Waals surface area contributed by atoms with E-state index in [2.05, 4.69) is 10.2 Å². The van der Waals surface area contributed by atoms with Crippen LogP contribution in [0.25, 0.3) is 0 Å². The van der Waals surface area contributed by atoms with Gasteiger partial charge < -0.3 is 10.2 Å². The lowest BCUT2D eigenvalue weighted by Gasteiger charge is -2.39. The van der Waals surface area contributed by atoms with Crippen LogP contribution in [0, 0.1) is 11.8 Å². The summed E-state index contributed by atoms with van der Waals surface area (Å²) in [5, 5.41) is 3.97. The largest absolute Gasteiger partial charge is 0.314 e. The summed E-state index contributed by atoms with van der Waals surface area (Å²) in [5.74, 6) is 2.06. The number of hydrogen-bond acceptors (Lipinski definition) is 2. The molecule has 0 bridgehead atoms. The molecule has 1 heterocycles. The van der Waals surface area contributed by atoms with Gasteiger partial charge in [-0.25, -0.2) is 0 Å². The normalized spacial score (nSPS) is 32.6. The van der Waals surface area contributed by atoms with Gasteiger partial charge in [0.25, 0.3) is 0 Å². The van der Waals surface area contributed by atoms with Gasteiger partial charge >= 0.3 is 0 Å². The van der Waals surface area contributed by atoms with Gasteiger partial charge in [0.1, 0.15) is 0 Å². The fraction of sp³-hybridized carbons (Fsp3) is 1.00. The van der Waals surface area contributed by atoms with Crippen molar-refractivity contribution in [3.63, 3.8) is 0 Å². The van der Waals surface area contributed by atoms with Crippen molar-refractivity contribution in [1.82, 2.24) is 10.2 Å². The molecule has 0 amide bonds. The van der Waals surface area contributed by atoms with E-state index >= 15 is 0 Å². The highest BCUT2D eigenvalue weighted by atomic mass is 15.1. The molecule has 0 spiro atoms. The van der Waals surface area contributed by atoms with E-state index in [1.165, 1.54) is 103 Å². The Bertz CT molecular complexity index is 279. The highest BCUT2D eigenvalue weighted by Gasteiger charge is 2.31. The third-order valence-corrected chi connectivity index (χ3v) is 6.33. The molecule has 2 aliphatic carbocycles. The third-order valence-electron chi connectivity index (χ3n) is 6.33. The molecular formula is C19H36N2. The summed E-state index contributed by atoms with van der Waals surface area (Å²) >= 11 is 0. The molecule has 2 atom stereocenters. The summed E-state index contributed by atoms with van der Waals surface area (Å²) < 4.78 is 0. The lowest BCUT2D eigenvalue weighted by Crippen LogP contribution is -2.43. The van der Waals surface area contributed by atoms with Crippen molar-refractivity contribution >= 4 is 0 Å². The number of nitrogens with zero attached hydrogens (tertiary/aromatic N) is 1. The van der Waals surface area contributed by atoms with Crippen LogP contribution in [0.1, 0.15) is 77.0 Å². The van der Waals surface area contributed by atoms with Gasteiger partial charge in [-0.3, -0.25) is 0 Å². The second-order valence-corrected chi connectivity index (χ2v) is 7.81. The van der Waals surface area contributed by atoms with Gasteiger partial charge in [-0.1, -0.05) is 44.9 Å². The van der Waals surface area contributed by atoms with E-state index in [1.54, 1.807) is 0 Å². The van der Waals surface area contributed by atoms with Crippen LogP contribution in [0.2, 0.25) is 0 Å². The first-order valence-electron chi connectivity index (χ1n) is 9.89. The Labute approximate surface area is 132 Å². The van der Waals surface area contributed by atoms with Gasteiger partial charge in [-0.05, 0) is 70.1 Å². The first-order chi connectivity index (χ1) is 10.4. The zero-order valence-corrected chi connectivity index (χ0v) is 14.0. The van der Waals surface area contributed by atoms with E-state index in [4.69, 9.17) is 0 Å². The van der Waals surface area contributed by atoms with Crippen molar-refractivity contribution in [2.45, 2.75) is 83.1 Å². The van der Waals surface area contributed by atoms with Crippen molar-refractivity contribution in [3.05, 3.63) is 0 Å². The second kappa shape index (κ2) is 8.53. The van der Waals surface area contributed by atoms with E-state index in [0.29, 0.717) is 0 Å². The molecule has 3 rings (SSSR count). The summed E-state index contributed by atoms with van der Waals surface area (Å²) in [7, 11) is 0. The minimum atomic E-state index is 0.848. The standard InChI is InChI=1S/C19H36N2/c1-2-9-17(10-3-1)18-11-4-5-12-19(18)20-13-8-16-21-14-6-7-15-21/h17-20H,1-16H2. The van der Waals surface area contributed by atoms with Crippen molar-refractivity contribution < 1.29 is 0 Å². The Balaban J connectivity index is 1.38. The van der Waals surface area contributed by atoms with E-state index in [0.717, 1.165) is 17.9 Å². The van der Waals surface area contributed by atoms with Crippen LogP contribution in [0.3, 0.4) is 0 Å². The lowest BCUT2D eigenvalue weighted by atomic mass is 9.71. The number of nitrogens with one attached hydrogen (secondary N) is 1. The lowest BCUT2D eigenvalue weighted by molar-refractivity contribution is 0.149. The fourth-order valence-electron chi connectivity index (χ4n) is 5.14. The highest BCUT2D eigenvalue weighted by molar-refractivity contribution is 4.87. The molecule has 21 heavy (non-hydrogen) atoms. The molecule has 2 saturated carbocycles. The smallest absolute Gasteiger partial charge is 0.00979 e. The Kier molecular flexibility index (Phi) is 6.42. The van der Waals surface area contributed by atoms with Crippen LogP contribution in [-0.2, 0) is 0 Å². The molecule has 2 heteroatoms. The van der Waals surface area contributed by atoms with Gasteiger partial charge in [0.05, 0.1) is 0 Å². The SMILES string of the molecule is C1CCC(C2CCCCC2NCCCN2CCCC2)CC1. The van der Waals surface area contributed by atoms with Crippen LogP contribution in [0.15, 0.2) is 0 Å². The molecule has 3 fully saturated rings. The average Bonchev–Trinajstić information content (AvgIpc) is 3.06. The Morgan fingerprint density at radius 1 is 0.762 bits per heavy atom. The molecule has 0 aromatic heterocycles. The zero-order valence-electron chi connectivity index (χ0n) is 14.0. The monoisotopic (exact) mass is 292 g/mol. The van der Waals surface area contributed by atoms with Crippen molar-refractivity contribution in [2.24, 2.45) is 11.8 Å². The summed E-state index contributed by atoms with van der Waals surface area (Å²) in [4.78, 5) is 2.65. The van der Waals surface area contributed by atoms with E-state index in [1.807, 2.05) is 0 Å². The fourth-order valence-corrected chi connectivity index (χ4v) is 5.14. The van der Waals surface area contributed by atoms with Crippen LogP contribution in [0.5, 0.6) is 0 Å². The van der Waals surface area contributed by atoms with Gasteiger partial charge in [-0.2, -0.15) is 0 Å². The first kappa shape index (κ1) is 15.8. The maximum absolute atomic E-state index is 3.97. The zero-order chi connectivity index (χ0) is 14.3. The van der Waals surface area contributed by atoms with Crippen molar-refractivity contribution in [1.29, 1.82) is 0 Å². The summed E-state index contributed by atoms with van der Waals surface area (Å²) in [5.41, 5.74) is 0. The molecular weight excluding hydrogens is 256 g/mol. The molecule has 0 radical (unpaired) electrons. The molecule has 0 aromatic carbocycles. The quantitative estimate of drug-likeness (QED) is 0.738. The summed E-state index contributed by atoms with van der Waals surface area (Å²) in [6.07, 6.45) is 17.7. The van der Waals surface area contributed by atoms with E-state index in [9.17, 15) is 0 Å². The molecule has 122 valence electrons. The Morgan fingerprint density at radius 3 is 2.29 bits per heavy atom. The summed E-state index contributed by atoms with van der Waals surface area (Å²) in [6, 6.07) is 0.848. The molecule has 2 nitrogen and oxygen atoms in total. The van der Waals surface area contributed by atoms with E-state index < -0.39 is 0 Å². The minimum Gasteiger partial charge on any atom is -0.314 e. The predicted octanol–water partition coefficient (Wildman–Crippen LogP) is 4.20. The Morgan fingerprint density at radius 2 is 1.48 bits per heavy atom. The minimum absolute atomic E-state index is 0.848. The maximum Gasteiger partial charge on any atom is 0.00979 e. The molecule has 1 aliphatic heterocycles. The first-order valence-corrected chi connectivity index (χ1v) is 9.89. The van der Waals surface area contributed by atoms with Crippen molar-refractivity contribution in [2.75, 3.05) is 26.2 Å². The number of rotatable bonds is 6. The maximum atomic E-state index is 3.97. The van der Waals surface area contributed by atoms with E-state index in [-0.39, 0.29) is 0 Å². The van der Waals surface area contributed by atoms with Gasteiger partial charge in [0.2, 0.25) is 0 Å². The third kappa shape index (κ3) is 4.69. The predicted molar refractivity (Wildman–Crippen MR) is 90.6 cm³/mol. The van der Waals surface area contributed by atoms with Gasteiger partial charge in [0.15, 0.2) is 0 Å². The topological polar surface area (TPSA) is 15.3 Å².